The third-order valence-corrected chi connectivity index (χ3v) is 9.29. The summed E-state index contributed by atoms with van der Waals surface area (Å²) in [5, 5.41) is 14.2. The van der Waals surface area contributed by atoms with Crippen molar-refractivity contribution in [3.8, 4) is 0 Å². The number of hydrogen-bond acceptors (Lipinski definition) is 5. The predicted octanol–water partition coefficient (Wildman–Crippen LogP) is 7.98. The molecule has 4 nitrogen and oxygen atoms in total. The van der Waals surface area contributed by atoms with Crippen molar-refractivity contribution in [2.75, 3.05) is 24.7 Å². The molecule has 0 N–H and O–H groups in total. The van der Waals surface area contributed by atoms with Crippen molar-refractivity contribution in [3.05, 3.63) is 99.6 Å². The molecular weight excluding hydrogens is 472 g/mol. The highest BCUT2D eigenvalue weighted by Gasteiger charge is 2.32. The zero-order chi connectivity index (χ0) is 24.3. The zero-order valence-electron chi connectivity index (χ0n) is 19.7. The number of hydrogen-bond donors (Lipinski definition) is 0. The molecule has 0 bridgehead atoms. The summed E-state index contributed by atoms with van der Waals surface area (Å²) in [7, 11) is 4.10. The average Bonchev–Trinajstić information content (AvgIpc) is 2.86. The summed E-state index contributed by atoms with van der Waals surface area (Å²) in [5.41, 5.74) is 7.05. The summed E-state index contributed by atoms with van der Waals surface area (Å²) >= 11 is 3.60. The first-order valence-corrected chi connectivity index (χ1v) is 13.4. The molecule has 2 heterocycles. The molecule has 0 amide bonds. The van der Waals surface area contributed by atoms with E-state index in [-0.39, 0.29) is 10.6 Å². The Hall–Kier alpha value is -3.22. The lowest BCUT2D eigenvalue weighted by Crippen LogP contribution is -2.15. The van der Waals surface area contributed by atoms with Gasteiger partial charge in [-0.05, 0) is 69.3 Å². The molecule has 4 aromatic rings. The van der Waals surface area contributed by atoms with E-state index in [9.17, 15) is 10.1 Å². The van der Waals surface area contributed by atoms with Gasteiger partial charge in [-0.2, -0.15) is 0 Å². The van der Waals surface area contributed by atoms with Crippen LogP contribution in [0, 0.1) is 16.0 Å². The molecule has 0 saturated carbocycles. The molecule has 174 valence electrons. The number of thioether (sulfide) groups is 1. The van der Waals surface area contributed by atoms with Crippen LogP contribution >= 0.6 is 23.5 Å². The lowest BCUT2D eigenvalue weighted by atomic mass is 9.81. The van der Waals surface area contributed by atoms with E-state index >= 15 is 0 Å². The molecule has 2 aliphatic heterocycles. The maximum atomic E-state index is 11.8. The van der Waals surface area contributed by atoms with E-state index in [0.717, 1.165) is 33.0 Å². The fraction of sp³-hybridized carbons (Fsp3) is 0.172. The van der Waals surface area contributed by atoms with Crippen LogP contribution in [0.5, 0.6) is 0 Å². The van der Waals surface area contributed by atoms with Gasteiger partial charge in [-0.25, -0.2) is 0 Å². The van der Waals surface area contributed by atoms with Gasteiger partial charge in [0.15, 0.2) is 0 Å². The van der Waals surface area contributed by atoms with E-state index in [1.807, 2.05) is 31.9 Å². The minimum Gasteiger partial charge on any atom is -0.378 e. The lowest BCUT2D eigenvalue weighted by Gasteiger charge is -2.32. The van der Waals surface area contributed by atoms with Gasteiger partial charge >= 0.3 is 0 Å². The second kappa shape index (κ2) is 8.47. The van der Waals surface area contributed by atoms with Crippen LogP contribution in [-0.2, 0) is 0 Å². The third-order valence-electron chi connectivity index (χ3n) is 6.82. The first-order chi connectivity index (χ1) is 16.9. The van der Waals surface area contributed by atoms with E-state index in [1.165, 1.54) is 31.7 Å². The van der Waals surface area contributed by atoms with Crippen LogP contribution in [0.15, 0.2) is 87.5 Å². The van der Waals surface area contributed by atoms with Gasteiger partial charge in [-0.1, -0.05) is 49.0 Å². The number of nitro benzene ring substituents is 1. The number of nitro groups is 1. The smallest absolute Gasteiger partial charge is 0.270 e. The molecule has 6 rings (SSSR count). The normalized spacial score (nSPS) is 18.5. The Bertz CT molecular complexity index is 1560. The topological polar surface area (TPSA) is 46.4 Å². The standard InChI is InChI=1S/C29H24N2O2S2/c1-17-16-34-26-11-8-18-6-4-5-7-21(18)29(26)27(17)28-22-14-19(30(2)3)9-12-24(22)35-25-13-10-20(31(32)33)15-23(25)28/h4-15,17H,16H2,1-3H3/b28-27+/t17-/m1/s1. The Morgan fingerprint density at radius 2 is 1.63 bits per heavy atom. The molecule has 0 spiro atoms. The van der Waals surface area contributed by atoms with Crippen LogP contribution in [0.1, 0.15) is 23.6 Å². The fourth-order valence-corrected chi connectivity index (χ4v) is 7.29. The second-order valence-corrected chi connectivity index (χ2v) is 11.4. The molecule has 0 radical (unpaired) electrons. The Labute approximate surface area is 213 Å². The van der Waals surface area contributed by atoms with Crippen molar-refractivity contribution in [2.45, 2.75) is 21.6 Å². The van der Waals surface area contributed by atoms with Gasteiger partial charge in [0, 0.05) is 57.9 Å². The van der Waals surface area contributed by atoms with Crippen LogP contribution in [0.25, 0.3) is 21.9 Å². The van der Waals surface area contributed by atoms with Gasteiger partial charge in [0.2, 0.25) is 0 Å². The lowest BCUT2D eigenvalue weighted by molar-refractivity contribution is -0.384. The van der Waals surface area contributed by atoms with Gasteiger partial charge in [0.25, 0.3) is 5.69 Å². The highest BCUT2D eigenvalue weighted by molar-refractivity contribution is 7.99. The van der Waals surface area contributed by atoms with Crippen molar-refractivity contribution < 1.29 is 4.92 Å². The third kappa shape index (κ3) is 3.63. The molecule has 2 aliphatic rings. The first kappa shape index (κ1) is 22.3. The summed E-state index contributed by atoms with van der Waals surface area (Å²) in [6.45, 7) is 2.29. The van der Waals surface area contributed by atoms with Crippen molar-refractivity contribution in [1.82, 2.24) is 0 Å². The molecule has 0 unspecified atom stereocenters. The molecule has 4 aromatic carbocycles. The summed E-state index contributed by atoms with van der Waals surface area (Å²) in [6, 6.07) is 24.9. The maximum absolute atomic E-state index is 11.8. The van der Waals surface area contributed by atoms with Crippen molar-refractivity contribution in [2.24, 2.45) is 5.92 Å². The van der Waals surface area contributed by atoms with Crippen LogP contribution in [0.3, 0.4) is 0 Å². The predicted molar refractivity (Wildman–Crippen MR) is 148 cm³/mol. The van der Waals surface area contributed by atoms with Gasteiger partial charge < -0.3 is 4.90 Å². The summed E-state index contributed by atoms with van der Waals surface area (Å²) < 4.78 is 0. The highest BCUT2D eigenvalue weighted by Crippen LogP contribution is 2.54. The van der Waals surface area contributed by atoms with Crippen LogP contribution in [0.4, 0.5) is 11.4 Å². The minimum absolute atomic E-state index is 0.130. The van der Waals surface area contributed by atoms with Crippen molar-refractivity contribution in [1.29, 1.82) is 0 Å². The minimum atomic E-state index is -0.289. The molecule has 35 heavy (non-hydrogen) atoms. The van der Waals surface area contributed by atoms with Gasteiger partial charge in [0.05, 0.1) is 4.92 Å². The summed E-state index contributed by atoms with van der Waals surface area (Å²) in [4.78, 5) is 17.1. The number of anilines is 1. The monoisotopic (exact) mass is 496 g/mol. The Kier molecular flexibility index (Phi) is 5.38. The summed E-state index contributed by atoms with van der Waals surface area (Å²) in [6.07, 6.45) is 0. The van der Waals surface area contributed by atoms with E-state index in [4.69, 9.17) is 0 Å². The number of non-ortho nitro benzene ring substituents is 1. The molecule has 0 aliphatic carbocycles. The van der Waals surface area contributed by atoms with E-state index in [0.29, 0.717) is 5.92 Å². The first-order valence-electron chi connectivity index (χ1n) is 11.6. The molecule has 0 aromatic heterocycles. The molecule has 1 atom stereocenters. The van der Waals surface area contributed by atoms with Gasteiger partial charge in [-0.3, -0.25) is 10.1 Å². The Balaban J connectivity index is 1.77. The number of fused-ring (bicyclic) bond motifs is 5. The zero-order valence-corrected chi connectivity index (χ0v) is 21.4. The number of benzene rings is 4. The molecule has 0 saturated heterocycles. The van der Waals surface area contributed by atoms with Crippen molar-refractivity contribution in [3.63, 3.8) is 0 Å². The quantitative estimate of drug-likeness (QED) is 0.183. The highest BCUT2D eigenvalue weighted by atomic mass is 32.2. The van der Waals surface area contributed by atoms with Crippen molar-refractivity contribution >= 4 is 56.8 Å². The van der Waals surface area contributed by atoms with E-state index < -0.39 is 0 Å². The molecule has 0 fully saturated rings. The second-order valence-electron chi connectivity index (χ2n) is 9.28. The number of rotatable bonds is 2. The van der Waals surface area contributed by atoms with Crippen LogP contribution in [0.2, 0.25) is 0 Å². The Morgan fingerprint density at radius 1 is 0.914 bits per heavy atom. The number of nitrogens with zero attached hydrogens (tertiary/aromatic N) is 2. The summed E-state index contributed by atoms with van der Waals surface area (Å²) in [5.74, 6) is 1.27. The van der Waals surface area contributed by atoms with E-state index in [2.05, 4.69) is 66.4 Å². The number of allylic oxidation sites excluding steroid dienone is 1. The van der Waals surface area contributed by atoms with E-state index in [1.54, 1.807) is 23.9 Å². The fourth-order valence-electron chi connectivity index (χ4n) is 5.12. The van der Waals surface area contributed by atoms with Crippen LogP contribution < -0.4 is 4.90 Å². The molecular formula is C29H24N2O2S2. The maximum Gasteiger partial charge on any atom is 0.270 e. The van der Waals surface area contributed by atoms with Crippen LogP contribution in [-0.4, -0.2) is 24.8 Å². The van der Waals surface area contributed by atoms with Gasteiger partial charge in [0.1, 0.15) is 0 Å². The average molecular weight is 497 g/mol. The molecule has 6 heteroatoms. The Morgan fingerprint density at radius 3 is 2.40 bits per heavy atom. The SMILES string of the molecule is C[C@@H]1CSc2ccc3ccccc3c2/C1=C1\c2cc(N(C)C)ccc2Sc2ccc([N+](=O)[O-])cc21. The largest absolute Gasteiger partial charge is 0.378 e. The van der Waals surface area contributed by atoms with Gasteiger partial charge in [-0.15, -0.1) is 11.8 Å².